The van der Waals surface area contributed by atoms with E-state index in [1.54, 1.807) is 0 Å². The molecule has 0 aliphatic rings. The SMILES string of the molecule is CC(C)(C)OC(=O)C(CCC(=O)O)(C(=O)OC(C)(C)C)C(N)(N)C(=O)O. The van der Waals surface area contributed by atoms with Crippen LogP contribution in [0.4, 0.5) is 0 Å². The van der Waals surface area contributed by atoms with Gasteiger partial charge in [0.1, 0.15) is 11.2 Å². The van der Waals surface area contributed by atoms with Crippen LogP contribution in [-0.2, 0) is 28.7 Å². The quantitative estimate of drug-likeness (QED) is 0.273. The van der Waals surface area contributed by atoms with Gasteiger partial charge < -0.3 is 31.2 Å². The van der Waals surface area contributed by atoms with Crippen LogP contribution in [0.15, 0.2) is 0 Å². The van der Waals surface area contributed by atoms with E-state index in [2.05, 4.69) is 0 Å². The Kier molecular flexibility index (Phi) is 6.94. The summed E-state index contributed by atoms with van der Waals surface area (Å²) >= 11 is 0. The van der Waals surface area contributed by atoms with Crippen molar-refractivity contribution in [1.82, 2.24) is 0 Å². The molecule has 0 aromatic carbocycles. The van der Waals surface area contributed by atoms with Gasteiger partial charge in [-0.05, 0) is 48.0 Å². The fourth-order valence-electron chi connectivity index (χ4n) is 2.04. The molecule has 0 saturated heterocycles. The second-order valence-electron chi connectivity index (χ2n) is 7.98. The number of carboxylic acid groups (broad SMARTS) is 2. The molecule has 10 nitrogen and oxygen atoms in total. The van der Waals surface area contributed by atoms with E-state index in [4.69, 9.17) is 26.0 Å². The van der Waals surface area contributed by atoms with Crippen molar-refractivity contribution in [3.8, 4) is 0 Å². The van der Waals surface area contributed by atoms with Crippen LogP contribution in [0.5, 0.6) is 0 Å². The molecule has 26 heavy (non-hydrogen) atoms. The number of carboxylic acids is 2. The lowest BCUT2D eigenvalue weighted by atomic mass is 9.71. The van der Waals surface area contributed by atoms with Crippen LogP contribution in [0.25, 0.3) is 0 Å². The highest BCUT2D eigenvalue weighted by molar-refractivity contribution is 6.07. The van der Waals surface area contributed by atoms with Crippen molar-refractivity contribution in [2.24, 2.45) is 16.9 Å². The van der Waals surface area contributed by atoms with Gasteiger partial charge in [0.05, 0.1) is 0 Å². The second-order valence-corrected chi connectivity index (χ2v) is 7.98. The van der Waals surface area contributed by atoms with Crippen molar-refractivity contribution >= 4 is 23.9 Å². The third-order valence-electron chi connectivity index (χ3n) is 3.27. The zero-order valence-corrected chi connectivity index (χ0v) is 15.9. The van der Waals surface area contributed by atoms with Crippen molar-refractivity contribution in [1.29, 1.82) is 0 Å². The lowest BCUT2D eigenvalue weighted by Gasteiger charge is -2.41. The Bertz CT molecular complexity index is 556. The van der Waals surface area contributed by atoms with Crippen LogP contribution in [-0.4, -0.2) is 51.0 Å². The summed E-state index contributed by atoms with van der Waals surface area (Å²) in [5.41, 5.74) is 3.32. The number of nitrogens with two attached hydrogens (primary N) is 2. The predicted octanol–water partition coefficient (Wildman–Crippen LogP) is 0.219. The molecule has 0 atom stereocenters. The van der Waals surface area contributed by atoms with Gasteiger partial charge in [-0.15, -0.1) is 0 Å². The summed E-state index contributed by atoms with van der Waals surface area (Å²) in [5, 5.41) is 18.4. The van der Waals surface area contributed by atoms with E-state index in [1.165, 1.54) is 41.5 Å². The second kappa shape index (κ2) is 7.58. The zero-order valence-electron chi connectivity index (χ0n) is 15.9. The first-order valence-electron chi connectivity index (χ1n) is 7.86. The molecule has 0 aliphatic carbocycles. The number of esters is 2. The van der Waals surface area contributed by atoms with E-state index < -0.39 is 59.0 Å². The van der Waals surface area contributed by atoms with Gasteiger partial charge in [-0.1, -0.05) is 0 Å². The minimum atomic E-state index is -2.97. The molecule has 0 rings (SSSR count). The Balaban J connectivity index is 6.52. The van der Waals surface area contributed by atoms with Crippen LogP contribution in [0.2, 0.25) is 0 Å². The zero-order chi connectivity index (χ0) is 21.1. The Hall–Kier alpha value is -2.20. The number of ether oxygens (including phenoxy) is 2. The average molecular weight is 376 g/mol. The average Bonchev–Trinajstić information content (AvgIpc) is 2.33. The van der Waals surface area contributed by atoms with Crippen LogP contribution < -0.4 is 11.5 Å². The van der Waals surface area contributed by atoms with Crippen LogP contribution in [0.1, 0.15) is 54.4 Å². The Morgan fingerprint density at radius 2 is 1.15 bits per heavy atom. The van der Waals surface area contributed by atoms with Gasteiger partial charge in [-0.3, -0.25) is 14.4 Å². The summed E-state index contributed by atoms with van der Waals surface area (Å²) in [6.07, 6.45) is -1.58. The third kappa shape index (κ3) is 5.67. The molecule has 0 aliphatic heterocycles. The van der Waals surface area contributed by atoms with Crippen molar-refractivity contribution in [3.63, 3.8) is 0 Å². The molecule has 10 heteroatoms. The number of hydrogen-bond donors (Lipinski definition) is 4. The Morgan fingerprint density at radius 1 is 0.808 bits per heavy atom. The maximum atomic E-state index is 12.8. The molecular formula is C16H28N2O8. The highest BCUT2D eigenvalue weighted by Gasteiger charge is 2.65. The fourth-order valence-corrected chi connectivity index (χ4v) is 2.04. The van der Waals surface area contributed by atoms with E-state index in [1.807, 2.05) is 0 Å². The molecule has 0 unspecified atom stereocenters. The first-order valence-corrected chi connectivity index (χ1v) is 7.86. The Labute approximate surface area is 151 Å². The minimum absolute atomic E-state index is 0.762. The number of carbonyl (C=O) groups is 4. The summed E-state index contributed by atoms with van der Waals surface area (Å²) in [7, 11) is 0. The number of carbonyl (C=O) groups excluding carboxylic acids is 2. The summed E-state index contributed by atoms with van der Waals surface area (Å²) in [6, 6.07) is 0. The maximum absolute atomic E-state index is 12.8. The van der Waals surface area contributed by atoms with Crippen molar-refractivity contribution in [2.45, 2.75) is 71.2 Å². The van der Waals surface area contributed by atoms with Gasteiger partial charge in [0.15, 0.2) is 5.66 Å². The van der Waals surface area contributed by atoms with Gasteiger partial charge in [-0.25, -0.2) is 4.79 Å². The van der Waals surface area contributed by atoms with Crippen LogP contribution in [0.3, 0.4) is 0 Å². The van der Waals surface area contributed by atoms with E-state index in [0.29, 0.717) is 0 Å². The maximum Gasteiger partial charge on any atom is 0.340 e. The highest BCUT2D eigenvalue weighted by atomic mass is 16.6. The largest absolute Gasteiger partial charge is 0.481 e. The monoisotopic (exact) mass is 376 g/mol. The summed E-state index contributed by atoms with van der Waals surface area (Å²) in [5.74, 6) is -6.01. The molecule has 0 heterocycles. The normalized spacial score (nSPS) is 13.1. The van der Waals surface area contributed by atoms with Gasteiger partial charge >= 0.3 is 23.9 Å². The summed E-state index contributed by atoms with van der Waals surface area (Å²) in [6.45, 7) is 8.90. The van der Waals surface area contributed by atoms with Crippen LogP contribution in [0, 0.1) is 5.41 Å². The van der Waals surface area contributed by atoms with Crippen molar-refractivity contribution < 1.29 is 38.9 Å². The first-order chi connectivity index (χ1) is 11.4. The van der Waals surface area contributed by atoms with Gasteiger partial charge in [0.25, 0.3) is 0 Å². The summed E-state index contributed by atoms with van der Waals surface area (Å²) in [4.78, 5) is 48.3. The molecule has 0 saturated carbocycles. The standard InChI is InChI=1S/C16H28N2O8/c1-13(2,3)25-11(23)15(8-7-9(19)20,16(17,18)10(21)22)12(24)26-14(4,5)6/h7-8,17-18H2,1-6H3,(H,19,20)(H,21,22). The molecule has 6 N–H and O–H groups in total. The highest BCUT2D eigenvalue weighted by Crippen LogP contribution is 2.38. The van der Waals surface area contributed by atoms with E-state index in [9.17, 15) is 24.3 Å². The third-order valence-corrected chi connectivity index (χ3v) is 3.27. The molecule has 0 aromatic rings. The number of rotatable bonds is 7. The first kappa shape index (κ1) is 23.8. The molecule has 150 valence electrons. The molecule has 0 bridgehead atoms. The fraction of sp³-hybridized carbons (Fsp3) is 0.750. The number of hydrogen-bond acceptors (Lipinski definition) is 8. The van der Waals surface area contributed by atoms with Crippen LogP contribution >= 0.6 is 0 Å². The van der Waals surface area contributed by atoms with Gasteiger partial charge in [0, 0.05) is 6.42 Å². The molecule has 0 amide bonds. The van der Waals surface area contributed by atoms with E-state index in [-0.39, 0.29) is 0 Å². The van der Waals surface area contributed by atoms with Crippen molar-refractivity contribution in [3.05, 3.63) is 0 Å². The summed E-state index contributed by atoms with van der Waals surface area (Å²) < 4.78 is 10.3. The Morgan fingerprint density at radius 3 is 1.38 bits per heavy atom. The molecule has 0 spiro atoms. The lowest BCUT2D eigenvalue weighted by molar-refractivity contribution is -0.196. The predicted molar refractivity (Wildman–Crippen MR) is 89.7 cm³/mol. The van der Waals surface area contributed by atoms with E-state index >= 15 is 0 Å². The van der Waals surface area contributed by atoms with Gasteiger partial charge in [-0.2, -0.15) is 0 Å². The topological polar surface area (TPSA) is 179 Å². The minimum Gasteiger partial charge on any atom is -0.481 e. The number of aliphatic carboxylic acids is 2. The van der Waals surface area contributed by atoms with Gasteiger partial charge in [0.2, 0.25) is 5.41 Å². The molecule has 0 aromatic heterocycles. The lowest BCUT2D eigenvalue weighted by Crippen LogP contribution is -2.74. The van der Waals surface area contributed by atoms with E-state index in [0.717, 1.165) is 0 Å². The van der Waals surface area contributed by atoms with Crippen molar-refractivity contribution in [2.75, 3.05) is 0 Å². The molecule has 0 radical (unpaired) electrons. The molecule has 0 fully saturated rings. The molecular weight excluding hydrogens is 348 g/mol. The smallest absolute Gasteiger partial charge is 0.340 e.